The van der Waals surface area contributed by atoms with Crippen molar-refractivity contribution in [2.45, 2.75) is 11.0 Å². The molecule has 0 saturated carbocycles. The molecule has 0 spiro atoms. The third-order valence-corrected chi connectivity index (χ3v) is 4.60. The van der Waals surface area contributed by atoms with Gasteiger partial charge in [-0.2, -0.15) is 8.42 Å². The Labute approximate surface area is 167 Å². The van der Waals surface area contributed by atoms with E-state index in [1.54, 1.807) is 48.5 Å². The van der Waals surface area contributed by atoms with Crippen molar-refractivity contribution in [2.75, 3.05) is 0 Å². The van der Waals surface area contributed by atoms with Crippen molar-refractivity contribution in [2.24, 2.45) is 0 Å². The van der Waals surface area contributed by atoms with Crippen LogP contribution in [0.2, 0.25) is 0 Å². The monoisotopic (exact) mass is 415 g/mol. The number of aliphatic hydroxyl groups excluding tert-OH is 1. The van der Waals surface area contributed by atoms with Gasteiger partial charge >= 0.3 is 0 Å². The molecule has 0 saturated heterocycles. The molecule has 9 heteroatoms. The zero-order valence-corrected chi connectivity index (χ0v) is 15.8. The zero-order valence-electron chi connectivity index (χ0n) is 15.0. The summed E-state index contributed by atoms with van der Waals surface area (Å²) in [7, 11) is -4.36. The lowest BCUT2D eigenvalue weighted by molar-refractivity contribution is -0.385. The maximum absolute atomic E-state index is 11.9. The molecule has 2 N–H and O–H groups in total. The first kappa shape index (κ1) is 21.9. The third-order valence-electron chi connectivity index (χ3n) is 3.75. The van der Waals surface area contributed by atoms with E-state index >= 15 is 0 Å². The minimum absolute atomic E-state index is 0.271. The Bertz CT molecular complexity index is 1080. The lowest BCUT2D eigenvalue weighted by Gasteiger charge is -2.09. The van der Waals surface area contributed by atoms with Crippen molar-refractivity contribution in [3.8, 4) is 0 Å². The van der Waals surface area contributed by atoms with Crippen LogP contribution in [-0.4, -0.2) is 28.8 Å². The molecule has 8 nitrogen and oxygen atoms in total. The van der Waals surface area contributed by atoms with Crippen LogP contribution in [0.5, 0.6) is 0 Å². The number of Topliss-reactive ketones (excluding diaryl/α,β-unsaturated/α-hetero) is 1. The highest BCUT2D eigenvalue weighted by atomic mass is 32.2. The first-order valence-electron chi connectivity index (χ1n) is 8.24. The second kappa shape index (κ2) is 9.69. The van der Waals surface area contributed by atoms with Crippen LogP contribution in [-0.2, 0) is 10.1 Å². The summed E-state index contributed by atoms with van der Waals surface area (Å²) in [5.74, 6) is -0.271. The summed E-state index contributed by atoms with van der Waals surface area (Å²) >= 11 is 0. The molecule has 0 bridgehead atoms. The van der Waals surface area contributed by atoms with Crippen LogP contribution >= 0.6 is 0 Å². The molecule has 3 aromatic rings. The fourth-order valence-corrected chi connectivity index (χ4v) is 2.82. The van der Waals surface area contributed by atoms with Gasteiger partial charge in [0.05, 0.1) is 4.92 Å². The second-order valence-corrected chi connectivity index (χ2v) is 7.19. The Morgan fingerprint density at radius 3 is 1.97 bits per heavy atom. The summed E-state index contributed by atoms with van der Waals surface area (Å²) in [5.41, 5.74) is 0.769. The number of rotatable bonds is 5. The standard InChI is InChI=1S/C14H12O2.C6H5NO5S/c15-13(11-7-3-1-4-8-11)14(16)12-9-5-2-6-10-12;8-7(9)5-2-1-3-6(4-5)13(10,11)12/h1-10,13,15H;1-4H,(H,10,11,12). The van der Waals surface area contributed by atoms with Gasteiger partial charge in [-0.1, -0.05) is 66.7 Å². The van der Waals surface area contributed by atoms with Crippen molar-refractivity contribution >= 4 is 21.6 Å². The molecule has 29 heavy (non-hydrogen) atoms. The van der Waals surface area contributed by atoms with E-state index in [2.05, 4.69) is 0 Å². The van der Waals surface area contributed by atoms with E-state index in [4.69, 9.17) is 4.55 Å². The molecule has 0 aliphatic rings. The number of carbonyl (C=O) groups is 1. The highest BCUT2D eigenvalue weighted by molar-refractivity contribution is 7.85. The summed E-state index contributed by atoms with van der Waals surface area (Å²) in [6, 6.07) is 21.9. The maximum Gasteiger partial charge on any atom is 0.294 e. The van der Waals surface area contributed by atoms with Gasteiger partial charge in [0.2, 0.25) is 0 Å². The number of benzene rings is 3. The Morgan fingerprint density at radius 2 is 1.45 bits per heavy atom. The summed E-state index contributed by atoms with van der Waals surface area (Å²) in [4.78, 5) is 20.9. The van der Waals surface area contributed by atoms with Crippen molar-refractivity contribution in [3.63, 3.8) is 0 Å². The minimum Gasteiger partial charge on any atom is -0.380 e. The number of nitro groups is 1. The Morgan fingerprint density at radius 1 is 0.897 bits per heavy atom. The maximum atomic E-state index is 11.9. The van der Waals surface area contributed by atoms with Gasteiger partial charge in [0.15, 0.2) is 5.78 Å². The third kappa shape index (κ3) is 6.32. The molecular weight excluding hydrogens is 398 g/mol. The molecule has 3 rings (SSSR count). The number of aliphatic hydroxyl groups is 1. The van der Waals surface area contributed by atoms with Gasteiger partial charge in [0, 0.05) is 17.7 Å². The quantitative estimate of drug-likeness (QED) is 0.282. The molecule has 3 aromatic carbocycles. The van der Waals surface area contributed by atoms with Crippen LogP contribution in [0.3, 0.4) is 0 Å². The molecule has 0 heterocycles. The predicted octanol–water partition coefficient (Wildman–Crippen LogP) is 3.44. The van der Waals surface area contributed by atoms with Crippen LogP contribution in [0.25, 0.3) is 0 Å². The average molecular weight is 415 g/mol. The lowest BCUT2D eigenvalue weighted by atomic mass is 10.0. The summed E-state index contributed by atoms with van der Waals surface area (Å²) < 4.78 is 29.6. The fourth-order valence-electron chi connectivity index (χ4n) is 2.30. The van der Waals surface area contributed by atoms with Crippen molar-refractivity contribution in [1.29, 1.82) is 0 Å². The molecule has 1 atom stereocenters. The fraction of sp³-hybridized carbons (Fsp3) is 0.0500. The lowest BCUT2D eigenvalue weighted by Crippen LogP contribution is -2.11. The van der Waals surface area contributed by atoms with Gasteiger partial charge in [-0.25, -0.2) is 0 Å². The largest absolute Gasteiger partial charge is 0.380 e. The van der Waals surface area contributed by atoms with E-state index in [1.807, 2.05) is 12.1 Å². The van der Waals surface area contributed by atoms with E-state index < -0.39 is 26.0 Å². The summed E-state index contributed by atoms with van der Waals surface area (Å²) in [6.07, 6.45) is -1.08. The van der Waals surface area contributed by atoms with Gasteiger partial charge < -0.3 is 5.11 Å². The van der Waals surface area contributed by atoms with Gasteiger partial charge in [0.1, 0.15) is 11.0 Å². The number of hydrogen-bond donors (Lipinski definition) is 2. The van der Waals surface area contributed by atoms with Crippen molar-refractivity contribution < 1.29 is 27.8 Å². The Balaban J connectivity index is 0.000000212. The van der Waals surface area contributed by atoms with E-state index in [9.17, 15) is 28.4 Å². The first-order chi connectivity index (χ1) is 13.7. The van der Waals surface area contributed by atoms with E-state index in [1.165, 1.54) is 6.07 Å². The van der Waals surface area contributed by atoms with Crippen LogP contribution in [0.4, 0.5) is 5.69 Å². The van der Waals surface area contributed by atoms with E-state index in [-0.39, 0.29) is 11.5 Å². The predicted molar refractivity (Wildman–Crippen MR) is 105 cm³/mol. The normalized spacial score (nSPS) is 11.7. The average Bonchev–Trinajstić information content (AvgIpc) is 2.74. The Hall–Kier alpha value is -3.40. The molecule has 1 unspecified atom stereocenters. The SMILES string of the molecule is O=C(c1ccccc1)C(O)c1ccccc1.O=[N+]([O-])c1cccc(S(=O)(=O)O)c1. The molecule has 0 aromatic heterocycles. The second-order valence-electron chi connectivity index (χ2n) is 5.77. The molecule has 150 valence electrons. The topological polar surface area (TPSA) is 135 Å². The van der Waals surface area contributed by atoms with Crippen molar-refractivity contribution in [3.05, 3.63) is 106 Å². The summed E-state index contributed by atoms with van der Waals surface area (Å²) in [5, 5.41) is 20.1. The number of nitro benzene ring substituents is 1. The number of non-ortho nitro benzene ring substituents is 1. The molecule has 0 aliphatic carbocycles. The highest BCUT2D eigenvalue weighted by Crippen LogP contribution is 2.18. The molecule has 0 radical (unpaired) electrons. The van der Waals surface area contributed by atoms with Crippen LogP contribution in [0, 0.1) is 10.1 Å². The van der Waals surface area contributed by atoms with E-state index in [0.717, 1.165) is 18.2 Å². The van der Waals surface area contributed by atoms with Crippen molar-refractivity contribution in [1.82, 2.24) is 0 Å². The number of ketones is 1. The molecular formula is C20H17NO7S. The van der Waals surface area contributed by atoms with Gasteiger partial charge in [-0.3, -0.25) is 19.5 Å². The smallest absolute Gasteiger partial charge is 0.294 e. The molecule has 0 fully saturated rings. The molecule has 0 amide bonds. The minimum atomic E-state index is -4.36. The van der Waals surface area contributed by atoms with Crippen LogP contribution in [0.1, 0.15) is 22.0 Å². The Kier molecular flexibility index (Phi) is 7.32. The van der Waals surface area contributed by atoms with Gasteiger partial charge in [0.25, 0.3) is 15.8 Å². The summed E-state index contributed by atoms with van der Waals surface area (Å²) in [6.45, 7) is 0. The van der Waals surface area contributed by atoms with Crippen LogP contribution < -0.4 is 0 Å². The number of nitrogens with zero attached hydrogens (tertiary/aromatic N) is 1. The first-order valence-corrected chi connectivity index (χ1v) is 9.68. The number of hydrogen-bond acceptors (Lipinski definition) is 6. The van der Waals surface area contributed by atoms with Gasteiger partial charge in [-0.05, 0) is 11.6 Å². The zero-order chi connectivity index (χ0) is 21.4. The van der Waals surface area contributed by atoms with Gasteiger partial charge in [-0.15, -0.1) is 0 Å². The highest BCUT2D eigenvalue weighted by Gasteiger charge is 2.18. The van der Waals surface area contributed by atoms with E-state index in [0.29, 0.717) is 11.1 Å². The number of carbonyl (C=O) groups excluding carboxylic acids is 1. The molecule has 0 aliphatic heterocycles. The van der Waals surface area contributed by atoms with Crippen LogP contribution in [0.15, 0.2) is 89.8 Å².